The van der Waals surface area contributed by atoms with Gasteiger partial charge in [0.2, 0.25) is 0 Å². The number of carboxylic acid groups (broad SMARTS) is 1. The van der Waals surface area contributed by atoms with Gasteiger partial charge in [-0.2, -0.15) is 5.26 Å². The minimum absolute atomic E-state index is 0.0144. The lowest BCUT2D eigenvalue weighted by molar-refractivity contribution is -0.145. The normalized spacial score (nSPS) is 18.6. The number of ether oxygens (including phenoxy) is 3. The minimum Gasteiger partial charge on any atom is -0.489 e. The Kier molecular flexibility index (Phi) is 12.9. The van der Waals surface area contributed by atoms with Gasteiger partial charge in [0.05, 0.1) is 17.2 Å². The number of carbonyl (C=O) groups is 1. The van der Waals surface area contributed by atoms with E-state index in [2.05, 4.69) is 39.2 Å². The highest BCUT2D eigenvalue weighted by Gasteiger charge is 2.40. The summed E-state index contributed by atoms with van der Waals surface area (Å²) >= 11 is 16.8. The molecule has 0 bridgehead atoms. The van der Waals surface area contributed by atoms with Gasteiger partial charge in [0.1, 0.15) is 41.9 Å². The summed E-state index contributed by atoms with van der Waals surface area (Å²) in [5.41, 5.74) is 1.05. The molecular formula is C35H36BrCl2N3O6. The van der Waals surface area contributed by atoms with Crippen LogP contribution in [0.15, 0.2) is 73.1 Å². The van der Waals surface area contributed by atoms with Crippen LogP contribution in [0.4, 0.5) is 0 Å². The molecule has 0 saturated heterocycles. The SMILES string of the molecule is CC1C(c2ccccc2Cl)=CC=CC1(COc1cc(OCc2cncc(C#N)c2)c(CNC(C)(CO)C(=O)O)cc1Cl)OCCCBr. The Morgan fingerprint density at radius 2 is 1.96 bits per heavy atom. The first-order valence-electron chi connectivity index (χ1n) is 14.9. The van der Waals surface area contributed by atoms with E-state index in [1.54, 1.807) is 24.4 Å². The van der Waals surface area contributed by atoms with Crippen molar-refractivity contribution in [1.82, 2.24) is 10.3 Å². The Hall–Kier alpha value is -3.43. The number of halogens is 3. The molecule has 0 radical (unpaired) electrons. The van der Waals surface area contributed by atoms with Crippen LogP contribution in [0.2, 0.25) is 10.0 Å². The summed E-state index contributed by atoms with van der Waals surface area (Å²) < 4.78 is 19.1. The van der Waals surface area contributed by atoms with Crippen molar-refractivity contribution in [3.05, 3.63) is 105 Å². The number of aliphatic hydroxyl groups excluding tert-OH is 1. The molecule has 0 spiro atoms. The van der Waals surface area contributed by atoms with Gasteiger partial charge in [-0.15, -0.1) is 0 Å². The van der Waals surface area contributed by atoms with Crippen LogP contribution in [0.25, 0.3) is 5.57 Å². The van der Waals surface area contributed by atoms with E-state index in [1.807, 2.05) is 42.5 Å². The van der Waals surface area contributed by atoms with E-state index in [4.69, 9.17) is 37.4 Å². The van der Waals surface area contributed by atoms with Crippen LogP contribution in [0, 0.1) is 17.2 Å². The topological polar surface area (TPSA) is 134 Å². The highest BCUT2D eigenvalue weighted by atomic mass is 79.9. The van der Waals surface area contributed by atoms with Gasteiger partial charge >= 0.3 is 5.97 Å². The minimum atomic E-state index is -1.60. The first kappa shape index (κ1) is 36.4. The number of allylic oxidation sites excluding steroid dienone is 2. The molecule has 1 aliphatic rings. The van der Waals surface area contributed by atoms with Crippen molar-refractivity contribution < 1.29 is 29.2 Å². The third-order valence-corrected chi connectivity index (χ3v) is 9.22. The van der Waals surface area contributed by atoms with E-state index in [0.29, 0.717) is 39.8 Å². The fourth-order valence-electron chi connectivity index (χ4n) is 5.02. The van der Waals surface area contributed by atoms with Crippen molar-refractivity contribution in [2.75, 3.05) is 25.2 Å². The Balaban J connectivity index is 1.65. The number of aromatic nitrogens is 1. The molecule has 12 heteroatoms. The molecule has 1 heterocycles. The summed E-state index contributed by atoms with van der Waals surface area (Å²) in [6.07, 6.45) is 9.81. The summed E-state index contributed by atoms with van der Waals surface area (Å²) in [6, 6.07) is 14.7. The molecule has 0 saturated carbocycles. The second-order valence-corrected chi connectivity index (χ2v) is 12.9. The molecule has 9 nitrogen and oxygen atoms in total. The van der Waals surface area contributed by atoms with E-state index in [-0.39, 0.29) is 30.7 Å². The van der Waals surface area contributed by atoms with Crippen LogP contribution in [0.1, 0.15) is 42.5 Å². The molecule has 2 aromatic carbocycles. The van der Waals surface area contributed by atoms with Gasteiger partial charge in [-0.3, -0.25) is 15.1 Å². The Morgan fingerprint density at radius 1 is 1.17 bits per heavy atom. The molecular weight excluding hydrogens is 709 g/mol. The lowest BCUT2D eigenvalue weighted by atomic mass is 9.77. The Labute approximate surface area is 292 Å². The zero-order valence-electron chi connectivity index (χ0n) is 26.0. The van der Waals surface area contributed by atoms with E-state index in [1.165, 1.54) is 13.1 Å². The number of rotatable bonds is 16. The second-order valence-electron chi connectivity index (χ2n) is 11.3. The smallest absolute Gasteiger partial charge is 0.326 e. The lowest BCUT2D eigenvalue weighted by Crippen LogP contribution is -2.52. The van der Waals surface area contributed by atoms with Crippen molar-refractivity contribution in [3.8, 4) is 17.6 Å². The summed E-state index contributed by atoms with van der Waals surface area (Å²) in [7, 11) is 0. The molecule has 3 N–H and O–H groups in total. The monoisotopic (exact) mass is 743 g/mol. The quantitative estimate of drug-likeness (QED) is 0.105. The largest absolute Gasteiger partial charge is 0.489 e. The van der Waals surface area contributed by atoms with Gasteiger partial charge in [0, 0.05) is 59.0 Å². The van der Waals surface area contributed by atoms with Gasteiger partial charge in [-0.25, -0.2) is 0 Å². The number of aliphatic carboxylic acids is 1. The summed E-state index contributed by atoms with van der Waals surface area (Å²) in [5, 5.41) is 33.2. The van der Waals surface area contributed by atoms with E-state index >= 15 is 0 Å². The Morgan fingerprint density at radius 3 is 2.66 bits per heavy atom. The van der Waals surface area contributed by atoms with Crippen molar-refractivity contribution in [2.45, 2.75) is 44.6 Å². The molecule has 0 fully saturated rings. The molecule has 3 atom stereocenters. The predicted octanol–water partition coefficient (Wildman–Crippen LogP) is 6.97. The number of aliphatic hydroxyl groups is 1. The standard InChI is InChI=1S/C35H36BrCl2N3O6/c1-23-27(28-7-3-4-9-29(28)37)8-5-10-35(23,47-12-6-11-36)22-46-32-15-31(45-20-25-13-24(16-39)17-40-18-25)26(14-30(32)38)19-41-34(2,21-42)33(43)44/h3-5,7-10,13-15,17-18,23,41-42H,6,11-12,19-22H2,1-2H3,(H,43,44). The maximum atomic E-state index is 11.8. The molecule has 248 valence electrons. The molecule has 1 aliphatic carbocycles. The molecule has 0 aliphatic heterocycles. The number of carboxylic acids is 1. The second kappa shape index (κ2) is 16.6. The maximum absolute atomic E-state index is 11.8. The zero-order valence-corrected chi connectivity index (χ0v) is 29.1. The lowest BCUT2D eigenvalue weighted by Gasteiger charge is -2.40. The van der Waals surface area contributed by atoms with Crippen LogP contribution in [-0.4, -0.2) is 57.5 Å². The zero-order chi connectivity index (χ0) is 34.0. The molecule has 0 amide bonds. The predicted molar refractivity (Wildman–Crippen MR) is 185 cm³/mol. The van der Waals surface area contributed by atoms with Crippen LogP contribution >= 0.6 is 39.1 Å². The number of nitriles is 1. The number of hydrogen-bond donors (Lipinski definition) is 3. The Bertz CT molecular complexity index is 1680. The first-order chi connectivity index (χ1) is 22.6. The summed E-state index contributed by atoms with van der Waals surface area (Å²) in [5.74, 6) is -0.663. The van der Waals surface area contributed by atoms with Crippen LogP contribution < -0.4 is 14.8 Å². The van der Waals surface area contributed by atoms with Crippen molar-refractivity contribution in [1.29, 1.82) is 5.26 Å². The average Bonchev–Trinajstić information content (AvgIpc) is 3.07. The average molecular weight is 745 g/mol. The van der Waals surface area contributed by atoms with Crippen LogP contribution in [-0.2, 0) is 22.7 Å². The van der Waals surface area contributed by atoms with E-state index in [0.717, 1.165) is 22.9 Å². The number of benzene rings is 2. The third kappa shape index (κ3) is 8.93. The van der Waals surface area contributed by atoms with E-state index in [9.17, 15) is 20.3 Å². The number of hydrogen-bond acceptors (Lipinski definition) is 8. The van der Waals surface area contributed by atoms with Crippen molar-refractivity contribution in [3.63, 3.8) is 0 Å². The van der Waals surface area contributed by atoms with Gasteiger partial charge < -0.3 is 24.4 Å². The first-order valence-corrected chi connectivity index (χ1v) is 16.8. The fourth-order valence-corrected chi connectivity index (χ4v) is 5.73. The molecule has 47 heavy (non-hydrogen) atoms. The summed E-state index contributed by atoms with van der Waals surface area (Å²) in [6.45, 7) is 3.50. The molecule has 3 unspecified atom stereocenters. The number of pyridine rings is 1. The van der Waals surface area contributed by atoms with Crippen LogP contribution in [0.5, 0.6) is 11.5 Å². The van der Waals surface area contributed by atoms with Gasteiger partial charge in [-0.1, -0.05) is 76.4 Å². The summed E-state index contributed by atoms with van der Waals surface area (Å²) in [4.78, 5) is 15.9. The molecule has 1 aromatic heterocycles. The highest BCUT2D eigenvalue weighted by molar-refractivity contribution is 9.09. The number of nitrogens with one attached hydrogen (secondary N) is 1. The molecule has 4 rings (SSSR count). The van der Waals surface area contributed by atoms with Gasteiger partial charge in [0.25, 0.3) is 0 Å². The molecule has 3 aromatic rings. The van der Waals surface area contributed by atoms with Crippen molar-refractivity contribution in [2.24, 2.45) is 5.92 Å². The van der Waals surface area contributed by atoms with Crippen molar-refractivity contribution >= 4 is 50.7 Å². The number of nitrogens with zero attached hydrogens (tertiary/aromatic N) is 2. The number of alkyl halides is 1. The third-order valence-electron chi connectivity index (χ3n) is 8.03. The van der Waals surface area contributed by atoms with Gasteiger partial charge in [0.15, 0.2) is 0 Å². The van der Waals surface area contributed by atoms with Crippen LogP contribution in [0.3, 0.4) is 0 Å². The van der Waals surface area contributed by atoms with E-state index < -0.39 is 23.7 Å². The fraction of sp³-hybridized carbons (Fsp3) is 0.343. The maximum Gasteiger partial charge on any atom is 0.326 e. The highest BCUT2D eigenvalue weighted by Crippen LogP contribution is 2.42. The van der Waals surface area contributed by atoms with Gasteiger partial charge in [-0.05, 0) is 48.8 Å².